The van der Waals surface area contributed by atoms with Crippen LogP contribution < -0.4 is 5.32 Å². The van der Waals surface area contributed by atoms with E-state index < -0.39 is 0 Å². The van der Waals surface area contributed by atoms with Crippen LogP contribution in [0.3, 0.4) is 0 Å². The Morgan fingerprint density at radius 1 is 1.33 bits per heavy atom. The number of aliphatic hydroxyl groups is 1. The number of nitrogens with zero attached hydrogens (tertiary/aromatic N) is 1. The number of aliphatic hydroxyl groups excluding tert-OH is 1. The van der Waals surface area contributed by atoms with Crippen molar-refractivity contribution < 1.29 is 14.7 Å². The van der Waals surface area contributed by atoms with Crippen molar-refractivity contribution in [3.8, 4) is 0 Å². The lowest BCUT2D eigenvalue weighted by Crippen LogP contribution is -2.35. The van der Waals surface area contributed by atoms with E-state index >= 15 is 0 Å². The van der Waals surface area contributed by atoms with Crippen molar-refractivity contribution >= 4 is 23.9 Å². The van der Waals surface area contributed by atoms with Crippen LogP contribution in [0.2, 0.25) is 5.02 Å². The number of benzene rings is 1. The Labute approximate surface area is 110 Å². The molecule has 0 aliphatic heterocycles. The van der Waals surface area contributed by atoms with Crippen LogP contribution in [0.25, 0.3) is 0 Å². The topological polar surface area (TPSA) is 69.6 Å². The van der Waals surface area contributed by atoms with Gasteiger partial charge in [-0.15, -0.1) is 0 Å². The third kappa shape index (κ3) is 4.73. The Morgan fingerprint density at radius 2 is 2.00 bits per heavy atom. The van der Waals surface area contributed by atoms with E-state index in [-0.39, 0.29) is 19.1 Å². The largest absolute Gasteiger partial charge is 0.395 e. The zero-order valence-electron chi connectivity index (χ0n) is 9.80. The molecule has 0 fully saturated rings. The fraction of sp³-hybridized carbons (Fsp3) is 0.333. The van der Waals surface area contributed by atoms with E-state index in [1.165, 1.54) is 4.90 Å². The standard InChI is InChI=1S/C12H15ClN2O3/c13-11-3-1-10(2-4-11)12(18)14-5-6-15(9-17)7-8-16/h1-4,9,16H,5-8H2,(H,14,18). The van der Waals surface area contributed by atoms with Gasteiger partial charge in [-0.3, -0.25) is 9.59 Å². The Kier molecular flexibility index (Phi) is 6.18. The van der Waals surface area contributed by atoms with Crippen LogP contribution >= 0.6 is 11.6 Å². The third-order valence-electron chi connectivity index (χ3n) is 2.33. The van der Waals surface area contributed by atoms with E-state index in [1.807, 2.05) is 0 Å². The SMILES string of the molecule is O=CN(CCO)CCNC(=O)c1ccc(Cl)cc1. The smallest absolute Gasteiger partial charge is 0.251 e. The zero-order valence-corrected chi connectivity index (χ0v) is 10.6. The van der Waals surface area contributed by atoms with E-state index in [0.29, 0.717) is 30.1 Å². The van der Waals surface area contributed by atoms with Crippen molar-refractivity contribution in [1.82, 2.24) is 10.2 Å². The molecule has 0 unspecified atom stereocenters. The predicted molar refractivity (Wildman–Crippen MR) is 68.5 cm³/mol. The second-order valence-corrected chi connectivity index (χ2v) is 4.06. The molecular weight excluding hydrogens is 256 g/mol. The summed E-state index contributed by atoms with van der Waals surface area (Å²) in [5.41, 5.74) is 0.513. The molecular formula is C12H15ClN2O3. The zero-order chi connectivity index (χ0) is 13.4. The molecule has 98 valence electrons. The van der Waals surface area contributed by atoms with Crippen LogP contribution in [0, 0.1) is 0 Å². The summed E-state index contributed by atoms with van der Waals surface area (Å²) in [6, 6.07) is 6.53. The first-order valence-corrected chi connectivity index (χ1v) is 5.89. The summed E-state index contributed by atoms with van der Waals surface area (Å²) in [6.45, 7) is 0.869. The molecule has 6 heteroatoms. The maximum Gasteiger partial charge on any atom is 0.251 e. The van der Waals surface area contributed by atoms with Gasteiger partial charge in [0, 0.05) is 30.2 Å². The fourth-order valence-corrected chi connectivity index (χ4v) is 1.49. The number of carbonyl (C=O) groups excluding carboxylic acids is 2. The molecule has 18 heavy (non-hydrogen) atoms. The summed E-state index contributed by atoms with van der Waals surface area (Å²) in [4.78, 5) is 23.6. The summed E-state index contributed by atoms with van der Waals surface area (Å²) in [7, 11) is 0. The molecule has 0 saturated carbocycles. The molecule has 5 nitrogen and oxygen atoms in total. The van der Waals surface area contributed by atoms with Gasteiger partial charge in [-0.2, -0.15) is 0 Å². The minimum Gasteiger partial charge on any atom is -0.395 e. The quantitative estimate of drug-likeness (QED) is 0.710. The van der Waals surface area contributed by atoms with Gasteiger partial charge in [0.05, 0.1) is 6.61 Å². The van der Waals surface area contributed by atoms with Crippen LogP contribution in [0.4, 0.5) is 0 Å². The van der Waals surface area contributed by atoms with E-state index in [0.717, 1.165) is 0 Å². The molecule has 2 amide bonds. The molecule has 0 radical (unpaired) electrons. The first-order chi connectivity index (χ1) is 8.67. The van der Waals surface area contributed by atoms with Gasteiger partial charge in [0.25, 0.3) is 5.91 Å². The van der Waals surface area contributed by atoms with Crippen molar-refractivity contribution in [2.24, 2.45) is 0 Å². The highest BCUT2D eigenvalue weighted by atomic mass is 35.5. The summed E-state index contributed by atoms with van der Waals surface area (Å²) in [6.07, 6.45) is 0.644. The molecule has 0 spiro atoms. The van der Waals surface area contributed by atoms with Crippen molar-refractivity contribution in [1.29, 1.82) is 0 Å². The molecule has 0 aliphatic carbocycles. The number of amides is 2. The van der Waals surface area contributed by atoms with Crippen molar-refractivity contribution in [2.45, 2.75) is 0 Å². The van der Waals surface area contributed by atoms with Gasteiger partial charge < -0.3 is 15.3 Å². The Balaban J connectivity index is 2.37. The van der Waals surface area contributed by atoms with Gasteiger partial charge in [0.15, 0.2) is 0 Å². The summed E-state index contributed by atoms with van der Waals surface area (Å²) < 4.78 is 0. The summed E-state index contributed by atoms with van der Waals surface area (Å²) in [5.74, 6) is -0.221. The molecule has 0 heterocycles. The van der Waals surface area contributed by atoms with Gasteiger partial charge in [-0.05, 0) is 24.3 Å². The number of halogens is 1. The second kappa shape index (κ2) is 7.68. The summed E-state index contributed by atoms with van der Waals surface area (Å²) in [5, 5.41) is 11.9. The van der Waals surface area contributed by atoms with Gasteiger partial charge >= 0.3 is 0 Å². The van der Waals surface area contributed by atoms with Gasteiger partial charge in [-0.25, -0.2) is 0 Å². The van der Waals surface area contributed by atoms with Crippen LogP contribution in [0.5, 0.6) is 0 Å². The van der Waals surface area contributed by atoms with Crippen molar-refractivity contribution in [3.63, 3.8) is 0 Å². The first-order valence-electron chi connectivity index (χ1n) is 5.51. The van der Waals surface area contributed by atoms with Crippen LogP contribution in [0.1, 0.15) is 10.4 Å². The van der Waals surface area contributed by atoms with E-state index in [1.54, 1.807) is 24.3 Å². The second-order valence-electron chi connectivity index (χ2n) is 3.63. The lowest BCUT2D eigenvalue weighted by atomic mass is 10.2. The highest BCUT2D eigenvalue weighted by molar-refractivity contribution is 6.30. The Hall–Kier alpha value is -1.59. The third-order valence-corrected chi connectivity index (χ3v) is 2.58. The van der Waals surface area contributed by atoms with Crippen molar-refractivity contribution in [2.75, 3.05) is 26.2 Å². The molecule has 2 N–H and O–H groups in total. The van der Waals surface area contributed by atoms with Crippen LogP contribution in [0.15, 0.2) is 24.3 Å². The van der Waals surface area contributed by atoms with E-state index in [9.17, 15) is 9.59 Å². The average Bonchev–Trinajstić information content (AvgIpc) is 2.38. The normalized spacial score (nSPS) is 9.89. The molecule has 0 saturated heterocycles. The lowest BCUT2D eigenvalue weighted by molar-refractivity contribution is -0.118. The maximum absolute atomic E-state index is 11.7. The Bertz CT molecular complexity index is 395. The highest BCUT2D eigenvalue weighted by Gasteiger charge is 2.05. The predicted octanol–water partition coefficient (Wildman–Crippen LogP) is 0.521. The molecule has 0 bridgehead atoms. The van der Waals surface area contributed by atoms with Gasteiger partial charge in [-0.1, -0.05) is 11.6 Å². The number of hydrogen-bond acceptors (Lipinski definition) is 3. The Morgan fingerprint density at radius 3 is 2.56 bits per heavy atom. The molecule has 1 aromatic rings. The first kappa shape index (κ1) is 14.5. The number of rotatable bonds is 7. The van der Waals surface area contributed by atoms with E-state index in [4.69, 9.17) is 16.7 Å². The molecule has 0 aliphatic rings. The van der Waals surface area contributed by atoms with Crippen LogP contribution in [-0.2, 0) is 4.79 Å². The molecule has 0 atom stereocenters. The monoisotopic (exact) mass is 270 g/mol. The van der Waals surface area contributed by atoms with Crippen LogP contribution in [-0.4, -0.2) is 48.6 Å². The maximum atomic E-state index is 11.7. The number of hydrogen-bond donors (Lipinski definition) is 2. The number of nitrogens with one attached hydrogen (secondary N) is 1. The minimum atomic E-state index is -0.221. The highest BCUT2D eigenvalue weighted by Crippen LogP contribution is 2.09. The average molecular weight is 271 g/mol. The van der Waals surface area contributed by atoms with Crippen molar-refractivity contribution in [3.05, 3.63) is 34.9 Å². The summed E-state index contributed by atoms with van der Waals surface area (Å²) >= 11 is 5.71. The van der Waals surface area contributed by atoms with E-state index in [2.05, 4.69) is 5.32 Å². The number of carbonyl (C=O) groups is 2. The minimum absolute atomic E-state index is 0.0934. The van der Waals surface area contributed by atoms with Gasteiger partial charge in [0.1, 0.15) is 0 Å². The fourth-order valence-electron chi connectivity index (χ4n) is 1.36. The van der Waals surface area contributed by atoms with Gasteiger partial charge in [0.2, 0.25) is 6.41 Å². The lowest BCUT2D eigenvalue weighted by Gasteiger charge is -2.15. The molecule has 1 rings (SSSR count). The molecule has 0 aromatic heterocycles. The molecule has 1 aromatic carbocycles.